The molecule has 2 N–H and O–H groups in total. The Bertz CT molecular complexity index is 416. The largest absolute Gasteiger partial charge is 0.465 e. The van der Waals surface area contributed by atoms with E-state index in [-0.39, 0.29) is 5.97 Å². The second-order valence-electron chi connectivity index (χ2n) is 4.30. The van der Waals surface area contributed by atoms with Crippen LogP contribution in [0.15, 0.2) is 24.3 Å². The number of carbonyl (C=O) groups excluding carboxylic acids is 1. The lowest BCUT2D eigenvalue weighted by Gasteiger charge is -2.12. The molecule has 4 nitrogen and oxygen atoms in total. The Hall–Kier alpha value is -1.62. The molecular weight excluding hydrogens is 248 g/mol. The molecule has 18 heavy (non-hydrogen) atoms. The van der Waals surface area contributed by atoms with Gasteiger partial charge in [-0.3, -0.25) is 0 Å². The van der Waals surface area contributed by atoms with Crippen molar-refractivity contribution in [3.63, 3.8) is 0 Å². The number of thiocarbonyl (C=S) groups is 1. The van der Waals surface area contributed by atoms with Crippen LogP contribution in [0.1, 0.15) is 24.2 Å². The maximum absolute atomic E-state index is 11.2. The lowest BCUT2D eigenvalue weighted by molar-refractivity contribution is 0.0601. The molecule has 0 unspecified atom stereocenters. The average Bonchev–Trinajstić information content (AvgIpc) is 2.36. The van der Waals surface area contributed by atoms with Gasteiger partial charge in [0.25, 0.3) is 0 Å². The molecule has 0 aromatic heterocycles. The zero-order valence-electron chi connectivity index (χ0n) is 10.8. The Morgan fingerprint density at radius 3 is 2.44 bits per heavy atom. The molecule has 0 bridgehead atoms. The number of hydrogen-bond acceptors (Lipinski definition) is 3. The van der Waals surface area contributed by atoms with Crippen molar-refractivity contribution in [2.24, 2.45) is 5.92 Å². The van der Waals surface area contributed by atoms with Gasteiger partial charge in [-0.1, -0.05) is 13.8 Å². The van der Waals surface area contributed by atoms with E-state index in [0.29, 0.717) is 16.6 Å². The Labute approximate surface area is 113 Å². The lowest BCUT2D eigenvalue weighted by atomic mass is 10.2. The van der Waals surface area contributed by atoms with Crippen molar-refractivity contribution < 1.29 is 9.53 Å². The third-order valence-electron chi connectivity index (χ3n) is 2.23. The molecule has 0 aliphatic heterocycles. The first-order valence-electron chi connectivity index (χ1n) is 5.76. The fourth-order valence-corrected chi connectivity index (χ4v) is 1.48. The quantitative estimate of drug-likeness (QED) is 0.647. The van der Waals surface area contributed by atoms with Gasteiger partial charge in [-0.25, -0.2) is 4.79 Å². The van der Waals surface area contributed by atoms with E-state index in [1.165, 1.54) is 7.11 Å². The predicted molar refractivity (Wildman–Crippen MR) is 76.8 cm³/mol. The van der Waals surface area contributed by atoms with Gasteiger partial charge in [-0.05, 0) is 42.4 Å². The number of carbonyl (C=O) groups is 1. The summed E-state index contributed by atoms with van der Waals surface area (Å²) in [4.78, 5) is 11.2. The predicted octanol–water partition coefficient (Wildman–Crippen LogP) is 2.42. The molecule has 0 saturated carbocycles. The Kier molecular flexibility index (Phi) is 5.58. The van der Waals surface area contributed by atoms with Crippen molar-refractivity contribution >= 4 is 29.0 Å². The zero-order valence-corrected chi connectivity index (χ0v) is 11.6. The Balaban J connectivity index is 2.53. The van der Waals surface area contributed by atoms with E-state index in [1.54, 1.807) is 24.3 Å². The van der Waals surface area contributed by atoms with Crippen LogP contribution in [0.2, 0.25) is 0 Å². The fraction of sp³-hybridized carbons (Fsp3) is 0.385. The average molecular weight is 266 g/mol. The van der Waals surface area contributed by atoms with Crippen LogP contribution in [0.5, 0.6) is 0 Å². The van der Waals surface area contributed by atoms with Crippen molar-refractivity contribution in [3.8, 4) is 0 Å². The number of benzene rings is 1. The van der Waals surface area contributed by atoms with Gasteiger partial charge in [0.2, 0.25) is 0 Å². The van der Waals surface area contributed by atoms with Gasteiger partial charge in [0.05, 0.1) is 12.7 Å². The summed E-state index contributed by atoms with van der Waals surface area (Å²) in [6.45, 7) is 5.05. The molecule has 98 valence electrons. The molecular formula is C13H18N2O2S. The standard InChI is InChI=1S/C13H18N2O2S/c1-9(2)8-14-13(18)15-11-6-4-10(5-7-11)12(16)17-3/h4-7,9H,8H2,1-3H3,(H2,14,15,18). The summed E-state index contributed by atoms with van der Waals surface area (Å²) >= 11 is 5.15. The first kappa shape index (κ1) is 14.4. The number of rotatable bonds is 4. The third kappa shape index (κ3) is 4.71. The lowest BCUT2D eigenvalue weighted by Crippen LogP contribution is -2.31. The molecule has 0 amide bonds. The SMILES string of the molecule is COC(=O)c1ccc(NC(=S)NCC(C)C)cc1. The van der Waals surface area contributed by atoms with Crippen molar-refractivity contribution in [2.45, 2.75) is 13.8 Å². The van der Waals surface area contributed by atoms with Crippen molar-refractivity contribution in [1.82, 2.24) is 5.32 Å². The summed E-state index contributed by atoms with van der Waals surface area (Å²) in [5.41, 5.74) is 1.35. The monoisotopic (exact) mass is 266 g/mol. The van der Waals surface area contributed by atoms with E-state index in [0.717, 1.165) is 12.2 Å². The number of nitrogens with one attached hydrogen (secondary N) is 2. The van der Waals surface area contributed by atoms with Crippen LogP contribution in [0, 0.1) is 5.92 Å². The Morgan fingerprint density at radius 1 is 1.33 bits per heavy atom. The zero-order chi connectivity index (χ0) is 13.5. The van der Waals surface area contributed by atoms with Crippen LogP contribution < -0.4 is 10.6 Å². The number of esters is 1. The van der Waals surface area contributed by atoms with Crippen LogP contribution >= 0.6 is 12.2 Å². The summed E-state index contributed by atoms with van der Waals surface area (Å²) < 4.78 is 4.62. The van der Waals surface area contributed by atoms with Crippen molar-refractivity contribution in [2.75, 3.05) is 19.0 Å². The molecule has 0 heterocycles. The van der Waals surface area contributed by atoms with Gasteiger partial charge in [0, 0.05) is 12.2 Å². The molecule has 0 fully saturated rings. The molecule has 1 aromatic rings. The molecule has 0 spiro atoms. The first-order chi connectivity index (χ1) is 8.52. The van der Waals surface area contributed by atoms with E-state index in [1.807, 2.05) is 0 Å². The Morgan fingerprint density at radius 2 is 1.94 bits per heavy atom. The second kappa shape index (κ2) is 6.96. The van der Waals surface area contributed by atoms with Crippen molar-refractivity contribution in [3.05, 3.63) is 29.8 Å². The van der Waals surface area contributed by atoms with E-state index < -0.39 is 0 Å². The van der Waals surface area contributed by atoms with E-state index >= 15 is 0 Å². The minimum atomic E-state index is -0.345. The van der Waals surface area contributed by atoms with Crippen LogP contribution in [0.4, 0.5) is 5.69 Å². The summed E-state index contributed by atoms with van der Waals surface area (Å²) in [6.07, 6.45) is 0. The number of hydrogen-bond donors (Lipinski definition) is 2. The maximum Gasteiger partial charge on any atom is 0.337 e. The highest BCUT2D eigenvalue weighted by Crippen LogP contribution is 2.10. The normalized spacial score (nSPS) is 10.0. The fourth-order valence-electron chi connectivity index (χ4n) is 1.28. The minimum Gasteiger partial charge on any atom is -0.465 e. The summed E-state index contributed by atoms with van der Waals surface area (Å²) in [5.74, 6) is 0.188. The van der Waals surface area contributed by atoms with Crippen LogP contribution in [0.3, 0.4) is 0 Å². The van der Waals surface area contributed by atoms with E-state index in [2.05, 4.69) is 29.2 Å². The van der Waals surface area contributed by atoms with Gasteiger partial charge in [-0.2, -0.15) is 0 Å². The van der Waals surface area contributed by atoms with Crippen molar-refractivity contribution in [1.29, 1.82) is 0 Å². The molecule has 1 aromatic carbocycles. The third-order valence-corrected chi connectivity index (χ3v) is 2.48. The van der Waals surface area contributed by atoms with Crippen LogP contribution in [0.25, 0.3) is 0 Å². The molecule has 0 aliphatic rings. The van der Waals surface area contributed by atoms with E-state index in [9.17, 15) is 4.79 Å². The number of anilines is 1. The molecule has 1 rings (SSSR count). The molecule has 0 radical (unpaired) electrons. The topological polar surface area (TPSA) is 50.4 Å². The van der Waals surface area contributed by atoms with Crippen LogP contribution in [-0.4, -0.2) is 24.7 Å². The summed E-state index contributed by atoms with van der Waals surface area (Å²) in [7, 11) is 1.36. The smallest absolute Gasteiger partial charge is 0.337 e. The summed E-state index contributed by atoms with van der Waals surface area (Å²) in [6, 6.07) is 6.96. The maximum atomic E-state index is 11.2. The molecule has 0 aliphatic carbocycles. The first-order valence-corrected chi connectivity index (χ1v) is 6.17. The van der Waals surface area contributed by atoms with Gasteiger partial charge in [0.1, 0.15) is 0 Å². The van der Waals surface area contributed by atoms with Gasteiger partial charge < -0.3 is 15.4 Å². The molecule has 5 heteroatoms. The number of methoxy groups -OCH3 is 1. The number of ether oxygens (including phenoxy) is 1. The highest BCUT2D eigenvalue weighted by atomic mass is 32.1. The van der Waals surface area contributed by atoms with Gasteiger partial charge in [0.15, 0.2) is 5.11 Å². The van der Waals surface area contributed by atoms with E-state index in [4.69, 9.17) is 12.2 Å². The summed E-state index contributed by atoms with van der Waals surface area (Å²) in [5, 5.41) is 6.74. The van der Waals surface area contributed by atoms with Gasteiger partial charge >= 0.3 is 5.97 Å². The minimum absolute atomic E-state index is 0.345. The molecule has 0 saturated heterocycles. The van der Waals surface area contributed by atoms with Gasteiger partial charge in [-0.15, -0.1) is 0 Å². The highest BCUT2D eigenvalue weighted by molar-refractivity contribution is 7.80. The second-order valence-corrected chi connectivity index (χ2v) is 4.71. The van der Waals surface area contributed by atoms with Crippen LogP contribution in [-0.2, 0) is 4.74 Å². The highest BCUT2D eigenvalue weighted by Gasteiger charge is 2.04. The molecule has 0 atom stereocenters.